The SMILES string of the molecule is Cc1ccsc1C=NNC(=O)c1cc2n(n1)C(C(F)(F)C(F)(F)F)CC(c1ccc(F)cc1)N2. The zero-order chi connectivity index (χ0) is 24.7. The van der Waals surface area contributed by atoms with Crippen LogP contribution in [0.3, 0.4) is 0 Å². The summed E-state index contributed by atoms with van der Waals surface area (Å²) in [5.41, 5.74) is 3.02. The van der Waals surface area contributed by atoms with Crippen molar-refractivity contribution >= 4 is 29.3 Å². The normalized spacial score (nSPS) is 18.6. The molecule has 3 aromatic rings. The Bertz CT molecular complexity index is 1220. The molecule has 1 amide bonds. The molecule has 180 valence electrons. The maximum Gasteiger partial charge on any atom is 0.455 e. The van der Waals surface area contributed by atoms with E-state index in [0.29, 0.717) is 10.2 Å². The highest BCUT2D eigenvalue weighted by Gasteiger charge is 2.64. The second-order valence-corrected chi connectivity index (χ2v) is 8.59. The average Bonchev–Trinajstić information content (AvgIpc) is 3.38. The number of rotatable bonds is 5. The molecule has 0 saturated heterocycles. The molecule has 0 aliphatic carbocycles. The fourth-order valence-corrected chi connectivity index (χ4v) is 4.33. The Morgan fingerprint density at radius 2 is 1.94 bits per heavy atom. The molecule has 13 heteroatoms. The van der Waals surface area contributed by atoms with Gasteiger partial charge in [0.25, 0.3) is 5.91 Å². The lowest BCUT2D eigenvalue weighted by Crippen LogP contribution is -2.47. The van der Waals surface area contributed by atoms with E-state index in [0.717, 1.165) is 28.6 Å². The van der Waals surface area contributed by atoms with Gasteiger partial charge < -0.3 is 5.32 Å². The fourth-order valence-electron chi connectivity index (χ4n) is 3.54. The van der Waals surface area contributed by atoms with Gasteiger partial charge in [-0.2, -0.15) is 32.2 Å². The van der Waals surface area contributed by atoms with Gasteiger partial charge in [-0.05, 0) is 41.6 Å². The van der Waals surface area contributed by atoms with E-state index in [1.165, 1.54) is 29.7 Å². The summed E-state index contributed by atoms with van der Waals surface area (Å²) in [6.07, 6.45) is -5.17. The molecule has 1 aromatic carbocycles. The van der Waals surface area contributed by atoms with Crippen LogP contribution in [-0.2, 0) is 0 Å². The van der Waals surface area contributed by atoms with Gasteiger partial charge in [0.05, 0.1) is 12.3 Å². The molecule has 2 unspecified atom stereocenters. The van der Waals surface area contributed by atoms with Crippen molar-refractivity contribution in [3.8, 4) is 0 Å². The number of halogens is 6. The predicted molar refractivity (Wildman–Crippen MR) is 114 cm³/mol. The minimum absolute atomic E-state index is 0.210. The highest BCUT2D eigenvalue weighted by atomic mass is 32.1. The van der Waals surface area contributed by atoms with Crippen molar-refractivity contribution in [1.82, 2.24) is 15.2 Å². The summed E-state index contributed by atoms with van der Waals surface area (Å²) in [6, 6.07) is 4.21. The summed E-state index contributed by atoms with van der Waals surface area (Å²) in [5, 5.41) is 12.1. The average molecular weight is 501 g/mol. The van der Waals surface area contributed by atoms with Gasteiger partial charge in [-0.1, -0.05) is 12.1 Å². The van der Waals surface area contributed by atoms with E-state index >= 15 is 0 Å². The van der Waals surface area contributed by atoms with E-state index in [1.807, 2.05) is 18.4 Å². The van der Waals surface area contributed by atoms with Crippen molar-refractivity contribution in [2.45, 2.75) is 37.5 Å². The standard InChI is InChI=1S/C21H17F6N5OS/c1-11-6-7-34-16(11)10-28-30-19(33)15-9-18-29-14(12-2-4-13(22)5-3-12)8-17(32(18)31-15)20(23,24)21(25,26)27/h2-7,9-10,14,17,29H,8H2,1H3,(H,30,33). The monoisotopic (exact) mass is 501 g/mol. The molecule has 34 heavy (non-hydrogen) atoms. The quantitative estimate of drug-likeness (QED) is 0.278. The highest BCUT2D eigenvalue weighted by Crippen LogP contribution is 2.50. The number of hydrogen-bond donors (Lipinski definition) is 2. The number of thiophene rings is 1. The van der Waals surface area contributed by atoms with Crippen molar-refractivity contribution in [2.75, 3.05) is 5.32 Å². The van der Waals surface area contributed by atoms with E-state index in [9.17, 15) is 31.1 Å². The highest BCUT2D eigenvalue weighted by molar-refractivity contribution is 7.11. The topological polar surface area (TPSA) is 71.3 Å². The van der Waals surface area contributed by atoms with Gasteiger partial charge >= 0.3 is 12.1 Å². The van der Waals surface area contributed by atoms with Crippen LogP contribution in [0.2, 0.25) is 0 Å². The molecule has 3 heterocycles. The number of anilines is 1. The smallest absolute Gasteiger partial charge is 0.363 e. The Kier molecular flexibility index (Phi) is 6.14. The zero-order valence-electron chi connectivity index (χ0n) is 17.4. The van der Waals surface area contributed by atoms with Crippen LogP contribution in [0.5, 0.6) is 0 Å². The van der Waals surface area contributed by atoms with E-state index in [-0.39, 0.29) is 5.82 Å². The summed E-state index contributed by atoms with van der Waals surface area (Å²) < 4.78 is 82.4. The summed E-state index contributed by atoms with van der Waals surface area (Å²) in [5.74, 6) is -6.82. The first-order valence-corrected chi connectivity index (χ1v) is 10.8. The molecule has 2 atom stereocenters. The molecule has 1 aliphatic rings. The Hall–Kier alpha value is -3.35. The van der Waals surface area contributed by atoms with Crippen LogP contribution < -0.4 is 10.7 Å². The Balaban J connectivity index is 1.64. The molecule has 0 bridgehead atoms. The number of nitrogens with zero attached hydrogens (tertiary/aromatic N) is 3. The van der Waals surface area contributed by atoms with Crippen molar-refractivity contribution in [3.05, 3.63) is 69.3 Å². The van der Waals surface area contributed by atoms with Crippen LogP contribution in [0.1, 0.15) is 45.0 Å². The zero-order valence-corrected chi connectivity index (χ0v) is 18.2. The lowest BCUT2D eigenvalue weighted by Gasteiger charge is -2.37. The number of carbonyl (C=O) groups is 1. The summed E-state index contributed by atoms with van der Waals surface area (Å²) in [6.45, 7) is 1.84. The van der Waals surface area contributed by atoms with Crippen molar-refractivity contribution in [2.24, 2.45) is 5.10 Å². The van der Waals surface area contributed by atoms with Gasteiger partial charge in [-0.3, -0.25) is 4.79 Å². The molecule has 0 radical (unpaired) electrons. The summed E-state index contributed by atoms with van der Waals surface area (Å²) >= 11 is 1.38. The minimum Gasteiger partial charge on any atom is -0.363 e. The van der Waals surface area contributed by atoms with Crippen LogP contribution in [0.25, 0.3) is 0 Å². The number of alkyl halides is 5. The molecule has 2 aromatic heterocycles. The van der Waals surface area contributed by atoms with Gasteiger partial charge in [0.15, 0.2) is 5.69 Å². The largest absolute Gasteiger partial charge is 0.455 e. The lowest BCUT2D eigenvalue weighted by molar-refractivity contribution is -0.301. The number of nitrogens with one attached hydrogen (secondary N) is 2. The third-order valence-electron chi connectivity index (χ3n) is 5.36. The van der Waals surface area contributed by atoms with Crippen molar-refractivity contribution < 1.29 is 31.1 Å². The molecular weight excluding hydrogens is 484 g/mol. The Morgan fingerprint density at radius 1 is 1.24 bits per heavy atom. The first kappa shape index (κ1) is 23.8. The molecule has 4 rings (SSSR count). The van der Waals surface area contributed by atoms with Crippen molar-refractivity contribution in [3.63, 3.8) is 0 Å². The van der Waals surface area contributed by atoms with Gasteiger partial charge in [0.1, 0.15) is 17.7 Å². The third-order valence-corrected chi connectivity index (χ3v) is 6.32. The van der Waals surface area contributed by atoms with Crippen LogP contribution in [0.4, 0.5) is 32.2 Å². The summed E-state index contributed by atoms with van der Waals surface area (Å²) in [7, 11) is 0. The van der Waals surface area contributed by atoms with Gasteiger partial charge in [-0.25, -0.2) is 14.5 Å². The van der Waals surface area contributed by atoms with Crippen LogP contribution in [0.15, 0.2) is 46.9 Å². The fraction of sp³-hybridized carbons (Fsp3) is 0.286. The molecule has 1 aliphatic heterocycles. The predicted octanol–water partition coefficient (Wildman–Crippen LogP) is 5.45. The van der Waals surface area contributed by atoms with Crippen molar-refractivity contribution in [1.29, 1.82) is 0 Å². The summed E-state index contributed by atoms with van der Waals surface area (Å²) in [4.78, 5) is 13.2. The van der Waals surface area contributed by atoms with Crippen LogP contribution >= 0.6 is 11.3 Å². The van der Waals surface area contributed by atoms with E-state index in [1.54, 1.807) is 0 Å². The first-order chi connectivity index (χ1) is 16.0. The van der Waals surface area contributed by atoms with Crippen LogP contribution in [0, 0.1) is 12.7 Å². The molecule has 0 fully saturated rings. The van der Waals surface area contributed by atoms with E-state index < -0.39 is 48.0 Å². The molecule has 0 saturated carbocycles. The number of amides is 1. The maximum absolute atomic E-state index is 14.5. The maximum atomic E-state index is 14.5. The molecule has 0 spiro atoms. The number of aryl methyl sites for hydroxylation is 1. The van der Waals surface area contributed by atoms with Crippen LogP contribution in [-0.4, -0.2) is 34.0 Å². The number of carbonyl (C=O) groups excluding carboxylic acids is 1. The van der Waals surface area contributed by atoms with Gasteiger partial charge in [0.2, 0.25) is 0 Å². The molecule has 2 N–H and O–H groups in total. The Labute approximate surface area is 193 Å². The second kappa shape index (κ2) is 8.78. The van der Waals surface area contributed by atoms with E-state index in [2.05, 4.69) is 20.9 Å². The Morgan fingerprint density at radius 3 is 2.56 bits per heavy atom. The minimum atomic E-state index is -5.85. The number of aromatic nitrogens is 2. The lowest BCUT2D eigenvalue weighted by atomic mass is 9.93. The van der Waals surface area contributed by atoms with E-state index in [4.69, 9.17) is 0 Å². The number of fused-ring (bicyclic) bond motifs is 1. The second-order valence-electron chi connectivity index (χ2n) is 7.65. The number of hydrazone groups is 1. The molecule has 6 nitrogen and oxygen atoms in total. The molecular formula is C21H17F6N5OS. The van der Waals surface area contributed by atoms with Gasteiger partial charge in [-0.15, -0.1) is 11.3 Å². The number of hydrogen-bond acceptors (Lipinski definition) is 5. The van der Waals surface area contributed by atoms with Gasteiger partial charge in [0, 0.05) is 17.4 Å². The third kappa shape index (κ3) is 4.52. The number of benzene rings is 1. The first-order valence-electron chi connectivity index (χ1n) is 9.91.